The van der Waals surface area contributed by atoms with Crippen LogP contribution in [0.3, 0.4) is 0 Å². The fraction of sp³-hybridized carbons (Fsp3) is 0.333. The number of halogens is 3. The van der Waals surface area contributed by atoms with Crippen molar-refractivity contribution in [2.75, 3.05) is 13.1 Å². The second kappa shape index (κ2) is 10.5. The van der Waals surface area contributed by atoms with Gasteiger partial charge in [-0.15, -0.1) is 0 Å². The van der Waals surface area contributed by atoms with Gasteiger partial charge in [0.15, 0.2) is 0 Å². The molecule has 2 rings (SSSR count). The quantitative estimate of drug-likeness (QED) is 0.655. The van der Waals surface area contributed by atoms with Crippen molar-refractivity contribution in [2.45, 2.75) is 32.7 Å². The average molecular weight is 392 g/mol. The fourth-order valence-electron chi connectivity index (χ4n) is 2.71. The summed E-state index contributed by atoms with van der Waals surface area (Å²) in [7, 11) is 0. The van der Waals surface area contributed by atoms with Crippen LogP contribution in [0.2, 0.25) is 0 Å². The summed E-state index contributed by atoms with van der Waals surface area (Å²) in [4.78, 5) is 26.2. The highest BCUT2D eigenvalue weighted by molar-refractivity contribution is 5.96. The molecule has 0 aliphatic rings. The number of nitrogens with zero attached hydrogens (tertiary/aromatic N) is 1. The van der Waals surface area contributed by atoms with Gasteiger partial charge in [0.05, 0.1) is 6.54 Å². The number of carbonyl (C=O) groups excluding carboxylic acids is 2. The standard InChI is InChI=1S/C21H23F3N2O2/c1-2-3-4-9-26(14-15-5-7-17(22)8-6-15)20(27)13-25-21(28)16-10-18(23)12-19(24)11-16/h5-8,10-12H,2-4,9,13-14H2,1H3,(H,25,28). The molecule has 0 aliphatic carbocycles. The predicted octanol–water partition coefficient (Wildman–Crippen LogP) is 4.05. The molecule has 2 amide bonds. The van der Waals surface area contributed by atoms with Crippen LogP contribution in [0.1, 0.15) is 42.1 Å². The van der Waals surface area contributed by atoms with Crippen molar-refractivity contribution in [3.63, 3.8) is 0 Å². The summed E-state index contributed by atoms with van der Waals surface area (Å²) in [5.41, 5.74) is 0.575. The molecule has 7 heteroatoms. The van der Waals surface area contributed by atoms with Gasteiger partial charge in [0.1, 0.15) is 17.5 Å². The Labute approximate surface area is 162 Å². The molecule has 0 saturated heterocycles. The van der Waals surface area contributed by atoms with Gasteiger partial charge in [-0.2, -0.15) is 0 Å². The highest BCUT2D eigenvalue weighted by atomic mass is 19.1. The first kappa shape index (κ1) is 21.5. The number of unbranched alkanes of at least 4 members (excludes halogenated alkanes) is 2. The molecule has 0 aliphatic heterocycles. The van der Waals surface area contributed by atoms with Crippen LogP contribution in [0.15, 0.2) is 42.5 Å². The first-order chi connectivity index (χ1) is 13.4. The number of amides is 2. The van der Waals surface area contributed by atoms with E-state index in [9.17, 15) is 22.8 Å². The first-order valence-corrected chi connectivity index (χ1v) is 9.15. The highest BCUT2D eigenvalue weighted by Crippen LogP contribution is 2.10. The molecule has 4 nitrogen and oxygen atoms in total. The van der Waals surface area contributed by atoms with E-state index in [0.717, 1.165) is 37.0 Å². The lowest BCUT2D eigenvalue weighted by Gasteiger charge is -2.23. The molecular formula is C21H23F3N2O2. The van der Waals surface area contributed by atoms with Crippen LogP contribution in [0, 0.1) is 17.5 Å². The summed E-state index contributed by atoms with van der Waals surface area (Å²) in [5, 5.41) is 2.40. The summed E-state index contributed by atoms with van der Waals surface area (Å²) in [6.45, 7) is 2.52. The van der Waals surface area contributed by atoms with Crippen molar-refractivity contribution < 1.29 is 22.8 Å². The maximum absolute atomic E-state index is 13.2. The number of nitrogens with one attached hydrogen (secondary N) is 1. The van der Waals surface area contributed by atoms with Crippen LogP contribution in [0.5, 0.6) is 0 Å². The van der Waals surface area contributed by atoms with Gasteiger partial charge in [-0.1, -0.05) is 31.9 Å². The summed E-state index contributed by atoms with van der Waals surface area (Å²) in [6.07, 6.45) is 2.73. The van der Waals surface area contributed by atoms with Gasteiger partial charge in [0.2, 0.25) is 5.91 Å². The van der Waals surface area contributed by atoms with Crippen LogP contribution in [0.25, 0.3) is 0 Å². The van der Waals surface area contributed by atoms with Crippen molar-refractivity contribution in [2.24, 2.45) is 0 Å². The molecule has 2 aromatic rings. The number of benzene rings is 2. The third-order valence-corrected chi connectivity index (χ3v) is 4.20. The Morgan fingerprint density at radius 3 is 2.18 bits per heavy atom. The second-order valence-electron chi connectivity index (χ2n) is 6.49. The minimum Gasteiger partial charge on any atom is -0.343 e. The van der Waals surface area contributed by atoms with E-state index < -0.39 is 17.5 Å². The highest BCUT2D eigenvalue weighted by Gasteiger charge is 2.16. The van der Waals surface area contributed by atoms with Crippen molar-refractivity contribution in [3.8, 4) is 0 Å². The van der Waals surface area contributed by atoms with Gasteiger partial charge in [0.25, 0.3) is 5.91 Å². The zero-order valence-electron chi connectivity index (χ0n) is 15.7. The Balaban J connectivity index is 1.99. The molecule has 0 heterocycles. The predicted molar refractivity (Wildman–Crippen MR) is 100 cm³/mol. The van der Waals surface area contributed by atoms with Gasteiger partial charge < -0.3 is 10.2 Å². The van der Waals surface area contributed by atoms with Crippen LogP contribution < -0.4 is 5.32 Å². The molecule has 0 aromatic heterocycles. The van der Waals surface area contributed by atoms with E-state index in [1.807, 2.05) is 6.92 Å². The largest absolute Gasteiger partial charge is 0.343 e. The van der Waals surface area contributed by atoms with E-state index in [4.69, 9.17) is 0 Å². The molecule has 28 heavy (non-hydrogen) atoms. The molecule has 0 spiro atoms. The van der Waals surface area contributed by atoms with Crippen molar-refractivity contribution in [1.82, 2.24) is 10.2 Å². The molecule has 0 fully saturated rings. The molecule has 0 saturated carbocycles. The van der Waals surface area contributed by atoms with E-state index in [1.165, 1.54) is 12.1 Å². The molecule has 2 aromatic carbocycles. The first-order valence-electron chi connectivity index (χ1n) is 9.15. The Bertz CT molecular complexity index is 790. The van der Waals surface area contributed by atoms with Crippen LogP contribution in [0.4, 0.5) is 13.2 Å². The van der Waals surface area contributed by atoms with Crippen LogP contribution >= 0.6 is 0 Å². The number of hydrogen-bond donors (Lipinski definition) is 1. The maximum atomic E-state index is 13.2. The van der Waals surface area contributed by atoms with Gasteiger partial charge >= 0.3 is 0 Å². The smallest absolute Gasteiger partial charge is 0.251 e. The lowest BCUT2D eigenvalue weighted by Crippen LogP contribution is -2.40. The summed E-state index contributed by atoms with van der Waals surface area (Å²) in [6, 6.07) is 8.32. The zero-order valence-corrected chi connectivity index (χ0v) is 15.7. The lowest BCUT2D eigenvalue weighted by atomic mass is 10.2. The zero-order chi connectivity index (χ0) is 20.5. The van der Waals surface area contributed by atoms with E-state index in [-0.39, 0.29) is 30.4 Å². The third-order valence-electron chi connectivity index (χ3n) is 4.20. The topological polar surface area (TPSA) is 49.4 Å². The van der Waals surface area contributed by atoms with Gasteiger partial charge in [-0.3, -0.25) is 9.59 Å². The molecule has 0 unspecified atom stereocenters. The SMILES string of the molecule is CCCCCN(Cc1ccc(F)cc1)C(=O)CNC(=O)c1cc(F)cc(F)c1. The third kappa shape index (κ3) is 6.72. The Morgan fingerprint density at radius 2 is 1.57 bits per heavy atom. The van der Waals surface area contributed by atoms with E-state index in [1.54, 1.807) is 17.0 Å². The normalized spacial score (nSPS) is 10.6. The molecule has 0 atom stereocenters. The van der Waals surface area contributed by atoms with Gasteiger partial charge in [-0.25, -0.2) is 13.2 Å². The molecule has 0 bridgehead atoms. The Kier molecular flexibility index (Phi) is 8.04. The van der Waals surface area contributed by atoms with Crippen molar-refractivity contribution in [1.29, 1.82) is 0 Å². The van der Waals surface area contributed by atoms with E-state index in [0.29, 0.717) is 12.6 Å². The summed E-state index contributed by atoms with van der Waals surface area (Å²) in [5.74, 6) is -3.15. The maximum Gasteiger partial charge on any atom is 0.251 e. The minimum atomic E-state index is -0.867. The Morgan fingerprint density at radius 1 is 0.929 bits per heavy atom. The summed E-state index contributed by atoms with van der Waals surface area (Å²) < 4.78 is 39.6. The molecule has 150 valence electrons. The molecule has 0 radical (unpaired) electrons. The van der Waals surface area contributed by atoms with Crippen molar-refractivity contribution >= 4 is 11.8 Å². The van der Waals surface area contributed by atoms with E-state index >= 15 is 0 Å². The number of carbonyl (C=O) groups is 2. The van der Waals surface area contributed by atoms with Crippen LogP contribution in [-0.4, -0.2) is 29.8 Å². The lowest BCUT2D eigenvalue weighted by molar-refractivity contribution is -0.130. The van der Waals surface area contributed by atoms with Crippen molar-refractivity contribution in [3.05, 3.63) is 71.0 Å². The summed E-state index contributed by atoms with van der Waals surface area (Å²) >= 11 is 0. The fourth-order valence-corrected chi connectivity index (χ4v) is 2.71. The van der Waals surface area contributed by atoms with Gasteiger partial charge in [-0.05, 0) is 36.2 Å². The van der Waals surface area contributed by atoms with E-state index in [2.05, 4.69) is 5.32 Å². The minimum absolute atomic E-state index is 0.193. The average Bonchev–Trinajstić information content (AvgIpc) is 2.66. The molecular weight excluding hydrogens is 369 g/mol. The second-order valence-corrected chi connectivity index (χ2v) is 6.49. The van der Waals surface area contributed by atoms with Crippen LogP contribution in [-0.2, 0) is 11.3 Å². The number of hydrogen-bond acceptors (Lipinski definition) is 2. The molecule has 1 N–H and O–H groups in total. The Hall–Kier alpha value is -2.83. The monoisotopic (exact) mass is 392 g/mol. The van der Waals surface area contributed by atoms with Gasteiger partial charge in [0, 0.05) is 24.7 Å². The number of rotatable bonds is 9.